The highest BCUT2D eigenvalue weighted by Gasteiger charge is 2.33. The molecule has 0 aromatic carbocycles. The Bertz CT molecular complexity index is 325. The molecule has 2 unspecified atom stereocenters. The molecule has 21 heavy (non-hydrogen) atoms. The van der Waals surface area contributed by atoms with Gasteiger partial charge in [-0.25, -0.2) is 0 Å². The molecule has 0 spiro atoms. The predicted octanol–water partition coefficient (Wildman–Crippen LogP) is 0.944. The summed E-state index contributed by atoms with van der Waals surface area (Å²) in [5.41, 5.74) is 0. The Morgan fingerprint density at radius 1 is 1.29 bits per heavy atom. The first-order valence-corrected chi connectivity index (χ1v) is 8.45. The fourth-order valence-corrected chi connectivity index (χ4v) is 3.47. The molecule has 0 aromatic heterocycles. The zero-order valence-corrected chi connectivity index (χ0v) is 13.8. The Morgan fingerprint density at radius 3 is 2.48 bits per heavy atom. The highest BCUT2D eigenvalue weighted by Crippen LogP contribution is 2.21. The fraction of sp³-hybridized carbons (Fsp3) is 0.938. The van der Waals surface area contributed by atoms with Crippen molar-refractivity contribution < 1.29 is 9.53 Å². The minimum atomic E-state index is -0.0331. The minimum Gasteiger partial charge on any atom is -0.380 e. The van der Waals surface area contributed by atoms with Crippen molar-refractivity contribution in [2.24, 2.45) is 5.92 Å². The maximum atomic E-state index is 12.5. The predicted molar refractivity (Wildman–Crippen MR) is 84.3 cm³/mol. The van der Waals surface area contributed by atoms with Crippen molar-refractivity contribution in [3.05, 3.63) is 0 Å². The van der Waals surface area contributed by atoms with Crippen molar-refractivity contribution in [2.75, 3.05) is 46.4 Å². The Morgan fingerprint density at radius 2 is 1.95 bits per heavy atom. The van der Waals surface area contributed by atoms with Gasteiger partial charge >= 0.3 is 0 Å². The lowest BCUT2D eigenvalue weighted by Gasteiger charge is -2.35. The molecule has 0 saturated carbocycles. The normalized spacial score (nSPS) is 27.5. The van der Waals surface area contributed by atoms with Crippen LogP contribution in [0, 0.1) is 5.92 Å². The topological polar surface area (TPSA) is 44.8 Å². The van der Waals surface area contributed by atoms with Crippen molar-refractivity contribution in [3.8, 4) is 0 Å². The lowest BCUT2D eigenvalue weighted by Crippen LogP contribution is -2.48. The van der Waals surface area contributed by atoms with Crippen LogP contribution in [0.25, 0.3) is 0 Å². The molecule has 0 aromatic rings. The van der Waals surface area contributed by atoms with Gasteiger partial charge in [0, 0.05) is 33.3 Å². The van der Waals surface area contributed by atoms with E-state index in [9.17, 15) is 4.79 Å². The number of carbonyl (C=O) groups is 1. The number of amides is 1. The average Bonchev–Trinajstić information content (AvgIpc) is 3.01. The van der Waals surface area contributed by atoms with E-state index >= 15 is 0 Å². The van der Waals surface area contributed by atoms with Gasteiger partial charge in [-0.2, -0.15) is 0 Å². The Hall–Kier alpha value is -0.650. The number of nitrogens with one attached hydrogen (secondary N) is 1. The van der Waals surface area contributed by atoms with Gasteiger partial charge in [-0.05, 0) is 38.3 Å². The zero-order valence-electron chi connectivity index (χ0n) is 13.8. The fourth-order valence-electron chi connectivity index (χ4n) is 3.47. The largest absolute Gasteiger partial charge is 0.380 e. The van der Waals surface area contributed by atoms with Crippen LogP contribution in [0.3, 0.4) is 0 Å². The van der Waals surface area contributed by atoms with Gasteiger partial charge in [0.05, 0.1) is 12.1 Å². The van der Waals surface area contributed by atoms with Crippen LogP contribution in [0.1, 0.15) is 33.1 Å². The molecule has 2 aliphatic rings. The molecule has 5 heteroatoms. The van der Waals surface area contributed by atoms with Crippen LogP contribution in [-0.4, -0.2) is 74.2 Å². The molecular weight excluding hydrogens is 266 g/mol. The smallest absolute Gasteiger partial charge is 0.239 e. The molecule has 2 rings (SSSR count). The second kappa shape index (κ2) is 8.11. The molecular formula is C16H31N3O2. The summed E-state index contributed by atoms with van der Waals surface area (Å²) >= 11 is 0. The third kappa shape index (κ3) is 4.41. The SMILES string of the molecule is CCN(CC)CC1CCN(C(=O)C2CC(OC)CN2)CC1. The van der Waals surface area contributed by atoms with E-state index in [1.54, 1.807) is 7.11 Å². The van der Waals surface area contributed by atoms with Crippen molar-refractivity contribution in [2.45, 2.75) is 45.3 Å². The van der Waals surface area contributed by atoms with Gasteiger partial charge in [-0.3, -0.25) is 4.79 Å². The summed E-state index contributed by atoms with van der Waals surface area (Å²) in [5.74, 6) is 1.02. The van der Waals surface area contributed by atoms with E-state index in [-0.39, 0.29) is 18.1 Å². The van der Waals surface area contributed by atoms with Crippen LogP contribution in [-0.2, 0) is 9.53 Å². The van der Waals surface area contributed by atoms with E-state index in [1.165, 1.54) is 6.54 Å². The van der Waals surface area contributed by atoms with Crippen LogP contribution in [0.2, 0.25) is 0 Å². The first-order valence-electron chi connectivity index (χ1n) is 8.45. The molecule has 2 aliphatic heterocycles. The number of piperidine rings is 1. The summed E-state index contributed by atoms with van der Waals surface area (Å²) in [6.07, 6.45) is 3.29. The molecule has 2 saturated heterocycles. The van der Waals surface area contributed by atoms with Crippen LogP contribution in [0.4, 0.5) is 0 Å². The van der Waals surface area contributed by atoms with E-state index in [2.05, 4.69) is 29.0 Å². The summed E-state index contributed by atoms with van der Waals surface area (Å²) in [6, 6.07) is -0.0331. The molecule has 0 aliphatic carbocycles. The van der Waals surface area contributed by atoms with E-state index in [1.807, 2.05) is 0 Å². The van der Waals surface area contributed by atoms with Crippen LogP contribution < -0.4 is 5.32 Å². The molecule has 2 atom stereocenters. The van der Waals surface area contributed by atoms with Crippen LogP contribution in [0.15, 0.2) is 0 Å². The summed E-state index contributed by atoms with van der Waals surface area (Å²) in [4.78, 5) is 17.0. The second-order valence-corrected chi connectivity index (χ2v) is 6.31. The second-order valence-electron chi connectivity index (χ2n) is 6.31. The van der Waals surface area contributed by atoms with Gasteiger partial charge in [0.15, 0.2) is 0 Å². The summed E-state index contributed by atoms with van der Waals surface area (Å²) in [5, 5.41) is 3.29. The minimum absolute atomic E-state index is 0.0331. The molecule has 0 radical (unpaired) electrons. The van der Waals surface area contributed by atoms with Crippen LogP contribution in [0.5, 0.6) is 0 Å². The van der Waals surface area contributed by atoms with E-state index in [0.29, 0.717) is 0 Å². The lowest BCUT2D eigenvalue weighted by molar-refractivity contribution is -0.134. The van der Waals surface area contributed by atoms with Gasteiger partial charge in [0.25, 0.3) is 0 Å². The van der Waals surface area contributed by atoms with Crippen LogP contribution >= 0.6 is 0 Å². The van der Waals surface area contributed by atoms with Gasteiger partial charge in [0.1, 0.15) is 0 Å². The molecule has 1 amide bonds. The summed E-state index contributed by atoms with van der Waals surface area (Å²) in [7, 11) is 1.72. The number of rotatable bonds is 6. The maximum Gasteiger partial charge on any atom is 0.239 e. The number of likely N-dealkylation sites (tertiary alicyclic amines) is 1. The number of methoxy groups -OCH3 is 1. The molecule has 2 heterocycles. The third-order valence-corrected chi connectivity index (χ3v) is 5.06. The van der Waals surface area contributed by atoms with Gasteiger partial charge in [-0.1, -0.05) is 13.8 Å². The van der Waals surface area contributed by atoms with E-state index < -0.39 is 0 Å². The number of hydrogen-bond acceptors (Lipinski definition) is 4. The Labute approximate surface area is 129 Å². The maximum absolute atomic E-state index is 12.5. The molecule has 122 valence electrons. The molecule has 5 nitrogen and oxygen atoms in total. The first-order chi connectivity index (χ1) is 10.2. The monoisotopic (exact) mass is 297 g/mol. The van der Waals surface area contributed by atoms with Gasteiger partial charge in [0.2, 0.25) is 5.91 Å². The molecule has 2 fully saturated rings. The number of nitrogens with zero attached hydrogens (tertiary/aromatic N) is 2. The number of carbonyl (C=O) groups excluding carboxylic acids is 1. The average molecular weight is 297 g/mol. The quantitative estimate of drug-likeness (QED) is 0.793. The number of ether oxygens (including phenoxy) is 1. The zero-order chi connectivity index (χ0) is 15.2. The molecule has 1 N–H and O–H groups in total. The van der Waals surface area contributed by atoms with Crippen molar-refractivity contribution in [3.63, 3.8) is 0 Å². The van der Waals surface area contributed by atoms with Gasteiger partial charge in [-0.15, -0.1) is 0 Å². The van der Waals surface area contributed by atoms with Crippen molar-refractivity contribution in [1.82, 2.24) is 15.1 Å². The highest BCUT2D eigenvalue weighted by atomic mass is 16.5. The number of hydrogen-bond donors (Lipinski definition) is 1. The van der Waals surface area contributed by atoms with E-state index in [4.69, 9.17) is 4.74 Å². The van der Waals surface area contributed by atoms with E-state index in [0.717, 1.165) is 57.9 Å². The first kappa shape index (κ1) is 16.7. The van der Waals surface area contributed by atoms with Crippen molar-refractivity contribution >= 4 is 5.91 Å². The summed E-state index contributed by atoms with van der Waals surface area (Å²) < 4.78 is 5.33. The van der Waals surface area contributed by atoms with Gasteiger partial charge < -0.3 is 19.9 Å². The highest BCUT2D eigenvalue weighted by molar-refractivity contribution is 5.82. The summed E-state index contributed by atoms with van der Waals surface area (Å²) in [6.45, 7) is 10.5. The van der Waals surface area contributed by atoms with Crippen molar-refractivity contribution in [1.29, 1.82) is 0 Å². The third-order valence-electron chi connectivity index (χ3n) is 5.06. The molecule has 0 bridgehead atoms. The standard InChI is InChI=1S/C16H31N3O2/c1-4-18(5-2)12-13-6-8-19(9-7-13)16(20)15-10-14(21-3)11-17-15/h13-15,17H,4-12H2,1-3H3. The lowest BCUT2D eigenvalue weighted by atomic mass is 9.95. The Kier molecular flexibility index (Phi) is 6.45. The Balaban J connectivity index is 1.74.